The quantitative estimate of drug-likeness (QED) is 0.485. The lowest BCUT2D eigenvalue weighted by Crippen LogP contribution is -2.36. The maximum atomic E-state index is 13.3. The third-order valence-electron chi connectivity index (χ3n) is 5.09. The first kappa shape index (κ1) is 19.7. The van der Waals surface area contributed by atoms with Gasteiger partial charge in [0.1, 0.15) is 18.2 Å². The second-order valence-corrected chi connectivity index (χ2v) is 6.76. The fourth-order valence-electron chi connectivity index (χ4n) is 3.69. The molecule has 0 spiro atoms. The van der Waals surface area contributed by atoms with Gasteiger partial charge < -0.3 is 9.30 Å². The molecule has 1 amide bonds. The van der Waals surface area contributed by atoms with E-state index in [4.69, 9.17) is 4.74 Å². The van der Waals surface area contributed by atoms with Gasteiger partial charge in [0, 0.05) is 23.5 Å². The number of carbonyl (C=O) groups is 1. The Bertz CT molecular complexity index is 1210. The van der Waals surface area contributed by atoms with Crippen LogP contribution in [0, 0.1) is 0 Å². The van der Waals surface area contributed by atoms with Crippen LogP contribution >= 0.6 is 12.4 Å². The average Bonchev–Trinajstić information content (AvgIpc) is 3.23. The van der Waals surface area contributed by atoms with Crippen molar-refractivity contribution in [1.82, 2.24) is 14.5 Å². The summed E-state index contributed by atoms with van der Waals surface area (Å²) in [6.45, 7) is 0.368. The summed E-state index contributed by atoms with van der Waals surface area (Å²) in [4.78, 5) is 23.8. The first-order valence-corrected chi connectivity index (χ1v) is 9.27. The van der Waals surface area contributed by atoms with E-state index in [0.717, 1.165) is 34.1 Å². The molecule has 0 N–H and O–H groups in total. The average molecular weight is 419 g/mol. The van der Waals surface area contributed by atoms with Crippen LogP contribution in [-0.4, -0.2) is 27.6 Å². The molecule has 2 aromatic carbocycles. The van der Waals surface area contributed by atoms with E-state index in [1.165, 1.54) is 0 Å². The van der Waals surface area contributed by atoms with Gasteiger partial charge in [0.05, 0.1) is 30.3 Å². The predicted octanol–water partition coefficient (Wildman–Crippen LogP) is 4.66. The molecule has 0 saturated heterocycles. The van der Waals surface area contributed by atoms with Gasteiger partial charge in [-0.3, -0.25) is 14.7 Å². The summed E-state index contributed by atoms with van der Waals surface area (Å²) in [5.74, 6) is 1.46. The van der Waals surface area contributed by atoms with E-state index >= 15 is 0 Å². The minimum Gasteiger partial charge on any atom is -0.497 e. The third-order valence-corrected chi connectivity index (χ3v) is 5.09. The number of amides is 1. The summed E-state index contributed by atoms with van der Waals surface area (Å²) in [6.07, 6.45) is 5.12. The van der Waals surface area contributed by atoms with Gasteiger partial charge in [0.25, 0.3) is 5.91 Å². The molecule has 0 fully saturated rings. The second-order valence-electron chi connectivity index (χ2n) is 6.76. The molecule has 0 saturated carbocycles. The highest BCUT2D eigenvalue weighted by Crippen LogP contribution is 2.39. The number of anilines is 1. The van der Waals surface area contributed by atoms with Crippen LogP contribution in [0.15, 0.2) is 79.3 Å². The number of hydrogen-bond acceptors (Lipinski definition) is 4. The highest BCUT2D eigenvalue weighted by Gasteiger charge is 2.29. The number of nitrogens with zero attached hydrogens (tertiary/aromatic N) is 4. The lowest BCUT2D eigenvalue weighted by molar-refractivity contribution is 0.0979. The Labute approximate surface area is 180 Å². The largest absolute Gasteiger partial charge is 0.497 e. The summed E-state index contributed by atoms with van der Waals surface area (Å²) in [5.41, 5.74) is 4.30. The minimum atomic E-state index is -0.0958. The van der Waals surface area contributed by atoms with Crippen LogP contribution in [0.5, 0.6) is 5.75 Å². The topological polar surface area (TPSA) is 60.2 Å². The first-order chi connectivity index (χ1) is 14.3. The number of methoxy groups -OCH3 is 1. The molecule has 150 valence electrons. The van der Waals surface area contributed by atoms with Gasteiger partial charge in [-0.05, 0) is 30.3 Å². The Hall–Kier alpha value is -3.64. The van der Waals surface area contributed by atoms with Crippen molar-refractivity contribution in [2.24, 2.45) is 0 Å². The maximum absolute atomic E-state index is 13.3. The van der Waals surface area contributed by atoms with Crippen molar-refractivity contribution in [3.63, 3.8) is 0 Å². The molecular weight excluding hydrogens is 400 g/mol. The van der Waals surface area contributed by atoms with Crippen LogP contribution in [-0.2, 0) is 6.67 Å². The number of pyridine rings is 1. The molecule has 7 heteroatoms. The summed E-state index contributed by atoms with van der Waals surface area (Å²) < 4.78 is 7.42. The van der Waals surface area contributed by atoms with Crippen LogP contribution in [0.1, 0.15) is 10.4 Å². The monoisotopic (exact) mass is 418 g/mol. The van der Waals surface area contributed by atoms with E-state index in [-0.39, 0.29) is 18.3 Å². The van der Waals surface area contributed by atoms with Crippen LogP contribution in [0.3, 0.4) is 0 Å². The maximum Gasteiger partial charge on any atom is 0.261 e. The van der Waals surface area contributed by atoms with Gasteiger partial charge in [-0.15, -0.1) is 12.4 Å². The molecule has 0 unspecified atom stereocenters. The smallest absolute Gasteiger partial charge is 0.261 e. The zero-order chi connectivity index (χ0) is 19.8. The standard InChI is InChI=1S/C23H18N4O2.ClH/c1-29-18-8-4-6-16(12-18)22-25-14-21-19-9-2-3-10-20(19)27(15-26(21)22)23(28)17-7-5-11-24-13-17;/h2-14H,15H2,1H3;1H. The van der Waals surface area contributed by atoms with E-state index in [9.17, 15) is 4.79 Å². The first-order valence-electron chi connectivity index (χ1n) is 9.27. The molecular formula is C23H19ClN4O2. The van der Waals surface area contributed by atoms with E-state index in [2.05, 4.69) is 14.5 Å². The van der Waals surface area contributed by atoms with Gasteiger partial charge in [0.2, 0.25) is 0 Å². The number of fused-ring (bicyclic) bond motifs is 3. The lowest BCUT2D eigenvalue weighted by atomic mass is 10.1. The van der Waals surface area contributed by atoms with Gasteiger partial charge >= 0.3 is 0 Å². The zero-order valence-electron chi connectivity index (χ0n) is 16.2. The van der Waals surface area contributed by atoms with Crippen molar-refractivity contribution in [3.05, 3.63) is 84.8 Å². The molecule has 0 bridgehead atoms. The Kier molecular flexibility index (Phi) is 5.25. The molecule has 30 heavy (non-hydrogen) atoms. The number of ether oxygens (including phenoxy) is 1. The molecule has 6 nitrogen and oxygen atoms in total. The van der Waals surface area contributed by atoms with Crippen LogP contribution in [0.2, 0.25) is 0 Å². The molecule has 0 radical (unpaired) electrons. The van der Waals surface area contributed by atoms with E-state index in [1.807, 2.05) is 54.7 Å². The van der Waals surface area contributed by atoms with Crippen molar-refractivity contribution in [2.45, 2.75) is 6.67 Å². The molecule has 1 aliphatic heterocycles. The summed E-state index contributed by atoms with van der Waals surface area (Å²) in [5, 5.41) is 0. The highest BCUT2D eigenvalue weighted by molar-refractivity contribution is 6.08. The number of aromatic nitrogens is 3. The molecule has 0 atom stereocenters. The van der Waals surface area contributed by atoms with Gasteiger partial charge in [0.15, 0.2) is 0 Å². The molecule has 5 rings (SSSR count). The van der Waals surface area contributed by atoms with Gasteiger partial charge in [-0.25, -0.2) is 4.98 Å². The molecule has 3 heterocycles. The Morgan fingerprint density at radius 3 is 2.70 bits per heavy atom. The number of para-hydroxylation sites is 1. The van der Waals surface area contributed by atoms with Crippen molar-refractivity contribution >= 4 is 24.0 Å². The molecule has 0 aliphatic carbocycles. The Morgan fingerprint density at radius 1 is 1.03 bits per heavy atom. The van der Waals surface area contributed by atoms with Crippen molar-refractivity contribution in [1.29, 1.82) is 0 Å². The van der Waals surface area contributed by atoms with E-state index in [1.54, 1.807) is 36.5 Å². The number of benzene rings is 2. The number of carbonyl (C=O) groups excluding carboxylic acids is 1. The highest BCUT2D eigenvalue weighted by atomic mass is 35.5. The number of imidazole rings is 1. The van der Waals surface area contributed by atoms with E-state index in [0.29, 0.717) is 12.2 Å². The van der Waals surface area contributed by atoms with E-state index < -0.39 is 0 Å². The SMILES string of the molecule is COc1cccc(-c2ncc3n2CN(C(=O)c2cccnc2)c2ccccc2-3)c1.Cl. The van der Waals surface area contributed by atoms with Gasteiger partial charge in [-0.2, -0.15) is 0 Å². The van der Waals surface area contributed by atoms with Crippen molar-refractivity contribution in [2.75, 3.05) is 12.0 Å². The Balaban J connectivity index is 0.00000218. The molecule has 1 aliphatic rings. The van der Waals surface area contributed by atoms with Crippen LogP contribution < -0.4 is 9.64 Å². The van der Waals surface area contributed by atoms with Crippen LogP contribution in [0.25, 0.3) is 22.6 Å². The summed E-state index contributed by atoms with van der Waals surface area (Å²) in [7, 11) is 1.64. The third kappa shape index (κ3) is 3.21. The fraction of sp³-hybridized carbons (Fsp3) is 0.0870. The Morgan fingerprint density at radius 2 is 1.90 bits per heavy atom. The zero-order valence-corrected chi connectivity index (χ0v) is 17.0. The molecule has 4 aromatic rings. The molecule has 2 aromatic heterocycles. The van der Waals surface area contributed by atoms with Crippen molar-refractivity contribution < 1.29 is 9.53 Å². The lowest BCUT2D eigenvalue weighted by Gasteiger charge is -2.31. The summed E-state index contributed by atoms with van der Waals surface area (Å²) in [6, 6.07) is 19.2. The minimum absolute atomic E-state index is 0. The predicted molar refractivity (Wildman–Crippen MR) is 118 cm³/mol. The number of rotatable bonds is 3. The van der Waals surface area contributed by atoms with Crippen molar-refractivity contribution in [3.8, 4) is 28.4 Å². The summed E-state index contributed by atoms with van der Waals surface area (Å²) >= 11 is 0. The number of halogens is 1. The van der Waals surface area contributed by atoms with Gasteiger partial charge in [-0.1, -0.05) is 30.3 Å². The van der Waals surface area contributed by atoms with Crippen LogP contribution in [0.4, 0.5) is 5.69 Å². The number of hydrogen-bond donors (Lipinski definition) is 0. The fourth-order valence-corrected chi connectivity index (χ4v) is 3.69. The normalized spacial score (nSPS) is 11.8. The second kappa shape index (κ2) is 8.00.